The van der Waals surface area contributed by atoms with E-state index in [2.05, 4.69) is 10.5 Å². The van der Waals surface area contributed by atoms with Crippen LogP contribution in [-0.2, 0) is 9.53 Å². The van der Waals surface area contributed by atoms with Crippen LogP contribution in [0.3, 0.4) is 0 Å². The lowest BCUT2D eigenvalue weighted by molar-refractivity contribution is -0.126. The van der Waals surface area contributed by atoms with Crippen LogP contribution in [0, 0.1) is 11.8 Å². The number of oxime groups is 1. The van der Waals surface area contributed by atoms with E-state index < -0.39 is 6.04 Å². The number of hydrogen-bond acceptors (Lipinski definition) is 4. The molecule has 1 saturated heterocycles. The highest BCUT2D eigenvalue weighted by atomic mass is 16.5. The van der Waals surface area contributed by atoms with Gasteiger partial charge in [-0.15, -0.1) is 0 Å². The zero-order valence-electron chi connectivity index (χ0n) is 10.5. The Hall–Kier alpha value is -1.30. The summed E-state index contributed by atoms with van der Waals surface area (Å²) in [6.07, 6.45) is 0.642. The fourth-order valence-electron chi connectivity index (χ4n) is 1.98. The fraction of sp³-hybridized carbons (Fsp3) is 0.818. The normalized spacial score (nSPS) is 27.2. The van der Waals surface area contributed by atoms with Crippen LogP contribution in [-0.4, -0.2) is 35.7 Å². The Balaban J connectivity index is 2.64. The minimum absolute atomic E-state index is 0.0277. The monoisotopic (exact) mass is 243 g/mol. The first-order valence-corrected chi connectivity index (χ1v) is 5.86. The minimum Gasteiger partial charge on any atom is -0.409 e. The summed E-state index contributed by atoms with van der Waals surface area (Å²) in [6, 6.07) is -0.444. The van der Waals surface area contributed by atoms with Gasteiger partial charge in [-0.2, -0.15) is 0 Å². The molecular weight excluding hydrogens is 222 g/mol. The van der Waals surface area contributed by atoms with E-state index in [4.69, 9.17) is 15.7 Å². The highest BCUT2D eigenvalue weighted by Gasteiger charge is 2.33. The van der Waals surface area contributed by atoms with Crippen molar-refractivity contribution in [3.63, 3.8) is 0 Å². The van der Waals surface area contributed by atoms with Crippen molar-refractivity contribution < 1.29 is 14.7 Å². The number of carbonyl (C=O) groups is 1. The van der Waals surface area contributed by atoms with Gasteiger partial charge in [0.25, 0.3) is 0 Å². The Morgan fingerprint density at radius 3 is 2.65 bits per heavy atom. The van der Waals surface area contributed by atoms with Gasteiger partial charge in [-0.1, -0.05) is 19.0 Å². The zero-order chi connectivity index (χ0) is 13.0. The highest BCUT2D eigenvalue weighted by molar-refractivity contribution is 5.91. The van der Waals surface area contributed by atoms with Crippen LogP contribution >= 0.6 is 0 Å². The number of ether oxygens (including phenoxy) is 1. The molecule has 1 heterocycles. The van der Waals surface area contributed by atoms with Crippen molar-refractivity contribution in [2.75, 3.05) is 6.61 Å². The summed E-state index contributed by atoms with van der Waals surface area (Å²) in [5, 5.41) is 14.4. The second kappa shape index (κ2) is 5.86. The molecule has 1 aliphatic heterocycles. The summed E-state index contributed by atoms with van der Waals surface area (Å²) >= 11 is 0. The van der Waals surface area contributed by atoms with Gasteiger partial charge in [-0.3, -0.25) is 4.79 Å². The molecule has 0 aromatic rings. The van der Waals surface area contributed by atoms with Crippen LogP contribution in [0.2, 0.25) is 0 Å². The Morgan fingerprint density at radius 1 is 1.59 bits per heavy atom. The molecule has 0 aromatic heterocycles. The van der Waals surface area contributed by atoms with Crippen LogP contribution in [0.25, 0.3) is 0 Å². The van der Waals surface area contributed by atoms with Crippen molar-refractivity contribution in [1.82, 2.24) is 5.32 Å². The third-order valence-corrected chi connectivity index (χ3v) is 3.11. The lowest BCUT2D eigenvalue weighted by atomic mass is 9.98. The van der Waals surface area contributed by atoms with Gasteiger partial charge in [0.1, 0.15) is 0 Å². The maximum absolute atomic E-state index is 12.0. The molecule has 1 fully saturated rings. The maximum atomic E-state index is 12.0. The molecule has 3 atom stereocenters. The van der Waals surface area contributed by atoms with Crippen molar-refractivity contribution in [3.8, 4) is 0 Å². The number of rotatable bonds is 4. The summed E-state index contributed by atoms with van der Waals surface area (Å²) in [7, 11) is 0. The van der Waals surface area contributed by atoms with E-state index in [-0.39, 0.29) is 29.7 Å². The second-order valence-electron chi connectivity index (χ2n) is 4.73. The molecule has 0 aromatic carbocycles. The van der Waals surface area contributed by atoms with Crippen molar-refractivity contribution >= 4 is 11.7 Å². The summed E-state index contributed by atoms with van der Waals surface area (Å²) < 4.78 is 5.34. The molecule has 1 amide bonds. The van der Waals surface area contributed by atoms with Gasteiger partial charge in [-0.05, 0) is 19.3 Å². The van der Waals surface area contributed by atoms with Crippen LogP contribution in [0.1, 0.15) is 27.2 Å². The Bertz CT molecular complexity index is 304. The van der Waals surface area contributed by atoms with Gasteiger partial charge < -0.3 is 21.0 Å². The summed E-state index contributed by atoms with van der Waals surface area (Å²) in [5.74, 6) is -0.157. The number of nitrogens with two attached hydrogens (primary N) is 1. The average molecular weight is 243 g/mol. The first kappa shape index (κ1) is 13.8. The molecule has 0 bridgehead atoms. The molecule has 3 unspecified atom stereocenters. The van der Waals surface area contributed by atoms with Gasteiger partial charge in [0.2, 0.25) is 5.91 Å². The van der Waals surface area contributed by atoms with Gasteiger partial charge >= 0.3 is 0 Å². The minimum atomic E-state index is -0.444. The van der Waals surface area contributed by atoms with Gasteiger partial charge in [0.05, 0.1) is 18.1 Å². The number of nitrogens with zero attached hydrogens (tertiary/aromatic N) is 1. The predicted octanol–water partition coefficient (Wildman–Crippen LogP) is 0.299. The Labute approximate surface area is 101 Å². The van der Waals surface area contributed by atoms with Crippen LogP contribution in [0.15, 0.2) is 5.16 Å². The van der Waals surface area contributed by atoms with Gasteiger partial charge in [-0.25, -0.2) is 0 Å². The van der Waals surface area contributed by atoms with Crippen LogP contribution < -0.4 is 11.1 Å². The van der Waals surface area contributed by atoms with E-state index >= 15 is 0 Å². The Kier molecular flexibility index (Phi) is 4.74. The van der Waals surface area contributed by atoms with E-state index in [1.54, 1.807) is 0 Å². The third-order valence-electron chi connectivity index (χ3n) is 3.11. The van der Waals surface area contributed by atoms with E-state index in [0.717, 1.165) is 0 Å². The van der Waals surface area contributed by atoms with Crippen LogP contribution in [0.4, 0.5) is 0 Å². The number of amides is 1. The number of amidine groups is 1. The highest BCUT2D eigenvalue weighted by Crippen LogP contribution is 2.20. The van der Waals surface area contributed by atoms with Crippen molar-refractivity contribution in [1.29, 1.82) is 0 Å². The Morgan fingerprint density at radius 2 is 2.24 bits per heavy atom. The second-order valence-corrected chi connectivity index (χ2v) is 4.73. The molecule has 17 heavy (non-hydrogen) atoms. The van der Waals surface area contributed by atoms with Crippen LogP contribution in [0.5, 0.6) is 0 Å². The van der Waals surface area contributed by atoms with Crippen molar-refractivity contribution in [2.45, 2.75) is 39.3 Å². The average Bonchev–Trinajstić information content (AvgIpc) is 2.70. The molecule has 0 aliphatic carbocycles. The maximum Gasteiger partial charge on any atom is 0.226 e. The molecule has 0 radical (unpaired) electrons. The number of carbonyl (C=O) groups excluding carboxylic acids is 1. The first-order chi connectivity index (χ1) is 7.97. The number of hydrogen-bond donors (Lipinski definition) is 3. The molecule has 98 valence electrons. The molecule has 1 rings (SSSR count). The molecule has 4 N–H and O–H groups in total. The smallest absolute Gasteiger partial charge is 0.226 e. The first-order valence-electron chi connectivity index (χ1n) is 5.86. The molecule has 0 spiro atoms. The predicted molar refractivity (Wildman–Crippen MR) is 63.7 cm³/mol. The van der Waals surface area contributed by atoms with Gasteiger partial charge in [0, 0.05) is 6.61 Å². The molecular formula is C11H21N3O3. The lowest BCUT2D eigenvalue weighted by Crippen LogP contribution is -2.50. The topological polar surface area (TPSA) is 96.9 Å². The third kappa shape index (κ3) is 3.33. The van der Waals surface area contributed by atoms with Crippen molar-refractivity contribution in [3.05, 3.63) is 0 Å². The number of nitrogens with one attached hydrogen (secondary N) is 1. The lowest BCUT2D eigenvalue weighted by Gasteiger charge is -2.23. The van der Waals surface area contributed by atoms with Crippen molar-refractivity contribution in [2.24, 2.45) is 22.7 Å². The largest absolute Gasteiger partial charge is 0.409 e. The molecule has 1 aliphatic rings. The standard InChI is InChI=1S/C11H21N3O3/c1-6(2)9(10(12)14-16)13-11(15)8-4-5-17-7(8)3/h6-9,16H,4-5H2,1-3H3,(H2,12,14)(H,13,15). The fourth-order valence-corrected chi connectivity index (χ4v) is 1.98. The van der Waals surface area contributed by atoms with E-state index in [0.29, 0.717) is 13.0 Å². The quantitative estimate of drug-likeness (QED) is 0.286. The summed E-state index contributed by atoms with van der Waals surface area (Å²) in [5.41, 5.74) is 5.55. The molecule has 0 saturated carbocycles. The van der Waals surface area contributed by atoms with Gasteiger partial charge in [0.15, 0.2) is 5.84 Å². The molecule has 6 heteroatoms. The molecule has 6 nitrogen and oxygen atoms in total. The summed E-state index contributed by atoms with van der Waals surface area (Å²) in [4.78, 5) is 12.0. The zero-order valence-corrected chi connectivity index (χ0v) is 10.5. The van der Waals surface area contributed by atoms with E-state index in [1.807, 2.05) is 20.8 Å². The van der Waals surface area contributed by atoms with E-state index in [1.165, 1.54) is 0 Å². The SMILES string of the molecule is CC(C)C(NC(=O)C1CCOC1C)C(N)=NO. The van der Waals surface area contributed by atoms with E-state index in [9.17, 15) is 4.79 Å². The summed E-state index contributed by atoms with van der Waals surface area (Å²) in [6.45, 7) is 6.29.